The highest BCUT2D eigenvalue weighted by Gasteiger charge is 2.25. The minimum Gasteiger partial charge on any atom is -0.466 e. The molecule has 4 aromatic rings. The lowest BCUT2D eigenvalue weighted by molar-refractivity contribution is -0.134. The number of hydrogen-bond donors (Lipinski definition) is 0. The van der Waals surface area contributed by atoms with Gasteiger partial charge in [-0.2, -0.15) is 5.10 Å². The Morgan fingerprint density at radius 3 is 2.94 bits per heavy atom. The van der Waals surface area contributed by atoms with Crippen molar-refractivity contribution in [2.24, 2.45) is 0 Å². The Bertz CT molecular complexity index is 1340. The molecule has 0 radical (unpaired) electrons. The molecule has 31 heavy (non-hydrogen) atoms. The number of carbonyl (C=O) groups excluding carboxylic acids is 1. The third-order valence-electron chi connectivity index (χ3n) is 5.62. The van der Waals surface area contributed by atoms with Gasteiger partial charge in [-0.05, 0) is 61.2 Å². The third-order valence-corrected chi connectivity index (χ3v) is 5.62. The van der Waals surface area contributed by atoms with Crippen LogP contribution in [0.3, 0.4) is 0 Å². The quantitative estimate of drug-likeness (QED) is 0.363. The van der Waals surface area contributed by atoms with Crippen molar-refractivity contribution in [1.82, 2.24) is 19.7 Å². The third kappa shape index (κ3) is 3.50. The maximum absolute atomic E-state index is 11.4. The molecule has 4 heterocycles. The number of carbonyl (C=O) groups is 1. The molecule has 0 amide bonds. The molecule has 0 fully saturated rings. The van der Waals surface area contributed by atoms with E-state index in [0.29, 0.717) is 0 Å². The zero-order valence-electron chi connectivity index (χ0n) is 17.5. The maximum atomic E-state index is 11.4. The SMILES string of the molecule is COC(=O)C=Cc1ccc2c(-c3c(-c4cccc(C)n4)nn4c3CCC4)ccnc2c1. The summed E-state index contributed by atoms with van der Waals surface area (Å²) < 4.78 is 6.80. The predicted molar refractivity (Wildman–Crippen MR) is 120 cm³/mol. The number of aromatic nitrogens is 4. The van der Waals surface area contributed by atoms with Crippen molar-refractivity contribution in [1.29, 1.82) is 0 Å². The van der Waals surface area contributed by atoms with Crippen LogP contribution in [0.1, 0.15) is 23.4 Å². The first-order valence-corrected chi connectivity index (χ1v) is 10.3. The van der Waals surface area contributed by atoms with Gasteiger partial charge in [-0.3, -0.25) is 14.6 Å². The highest BCUT2D eigenvalue weighted by Crippen LogP contribution is 2.39. The van der Waals surface area contributed by atoms with Gasteiger partial charge in [-0.15, -0.1) is 0 Å². The molecule has 5 rings (SSSR count). The number of esters is 1. The fourth-order valence-electron chi connectivity index (χ4n) is 4.19. The normalized spacial score (nSPS) is 13.1. The van der Waals surface area contributed by atoms with Crippen LogP contribution in [0.2, 0.25) is 0 Å². The minimum absolute atomic E-state index is 0.382. The van der Waals surface area contributed by atoms with E-state index in [1.165, 1.54) is 18.9 Å². The smallest absolute Gasteiger partial charge is 0.330 e. The Kier molecular flexibility index (Phi) is 4.82. The monoisotopic (exact) mass is 410 g/mol. The summed E-state index contributed by atoms with van der Waals surface area (Å²) in [4.78, 5) is 20.7. The van der Waals surface area contributed by atoms with Crippen molar-refractivity contribution in [3.05, 3.63) is 71.7 Å². The largest absolute Gasteiger partial charge is 0.466 e. The van der Waals surface area contributed by atoms with Crippen LogP contribution in [0.25, 0.3) is 39.5 Å². The molecular formula is C25H22N4O2. The molecule has 0 saturated carbocycles. The number of benzene rings is 1. The number of fused-ring (bicyclic) bond motifs is 2. The summed E-state index contributed by atoms with van der Waals surface area (Å²) in [7, 11) is 1.37. The molecule has 0 atom stereocenters. The van der Waals surface area contributed by atoms with Gasteiger partial charge in [0, 0.05) is 41.2 Å². The first-order chi connectivity index (χ1) is 15.1. The van der Waals surface area contributed by atoms with E-state index < -0.39 is 0 Å². The molecule has 0 aliphatic carbocycles. The maximum Gasteiger partial charge on any atom is 0.330 e. The van der Waals surface area contributed by atoms with Crippen LogP contribution in [0.15, 0.2) is 54.7 Å². The molecule has 6 nitrogen and oxygen atoms in total. The fourth-order valence-corrected chi connectivity index (χ4v) is 4.19. The molecular weight excluding hydrogens is 388 g/mol. The van der Waals surface area contributed by atoms with E-state index in [4.69, 9.17) is 10.1 Å². The van der Waals surface area contributed by atoms with Gasteiger partial charge in [0.05, 0.1) is 18.3 Å². The van der Waals surface area contributed by atoms with Gasteiger partial charge in [0.1, 0.15) is 5.69 Å². The molecule has 0 unspecified atom stereocenters. The van der Waals surface area contributed by atoms with E-state index in [2.05, 4.69) is 26.5 Å². The topological polar surface area (TPSA) is 69.9 Å². The summed E-state index contributed by atoms with van der Waals surface area (Å²) in [6.45, 7) is 2.93. The summed E-state index contributed by atoms with van der Waals surface area (Å²) in [5.41, 5.74) is 8.03. The van der Waals surface area contributed by atoms with Crippen molar-refractivity contribution in [2.75, 3.05) is 7.11 Å². The van der Waals surface area contributed by atoms with Crippen molar-refractivity contribution in [3.63, 3.8) is 0 Å². The number of ether oxygens (including phenoxy) is 1. The van der Waals surface area contributed by atoms with Crippen LogP contribution in [0, 0.1) is 6.92 Å². The molecule has 154 valence electrons. The second kappa shape index (κ2) is 7.80. The first-order valence-electron chi connectivity index (χ1n) is 10.3. The van der Waals surface area contributed by atoms with Crippen LogP contribution in [-0.2, 0) is 22.5 Å². The summed E-state index contributed by atoms with van der Waals surface area (Å²) in [6, 6.07) is 14.1. The Labute approximate surface area is 180 Å². The molecule has 0 spiro atoms. The average Bonchev–Trinajstić information content (AvgIpc) is 3.38. The number of nitrogens with zero attached hydrogens (tertiary/aromatic N) is 4. The van der Waals surface area contributed by atoms with Crippen LogP contribution >= 0.6 is 0 Å². The van der Waals surface area contributed by atoms with Crippen molar-refractivity contribution in [2.45, 2.75) is 26.3 Å². The van der Waals surface area contributed by atoms with Gasteiger partial charge >= 0.3 is 5.97 Å². The fraction of sp³-hybridized carbons (Fsp3) is 0.200. The van der Waals surface area contributed by atoms with Crippen LogP contribution in [-0.4, -0.2) is 32.8 Å². The Morgan fingerprint density at radius 1 is 1.19 bits per heavy atom. The lowest BCUT2D eigenvalue weighted by Crippen LogP contribution is -1.95. The van der Waals surface area contributed by atoms with E-state index in [-0.39, 0.29) is 5.97 Å². The first kappa shape index (κ1) is 19.2. The van der Waals surface area contributed by atoms with E-state index in [0.717, 1.165) is 64.1 Å². The Hall–Kier alpha value is -3.80. The van der Waals surface area contributed by atoms with Crippen molar-refractivity contribution < 1.29 is 9.53 Å². The highest BCUT2D eigenvalue weighted by atomic mass is 16.5. The van der Waals surface area contributed by atoms with Gasteiger partial charge in [-0.1, -0.05) is 18.2 Å². The molecule has 0 bridgehead atoms. The molecule has 1 aliphatic heterocycles. The molecule has 0 N–H and O–H groups in total. The van der Waals surface area contributed by atoms with Crippen LogP contribution in [0.5, 0.6) is 0 Å². The standard InChI is InChI=1S/C25H22N4O2/c1-16-5-3-6-20(27-16)25-24(22-7-4-14-29(22)28-25)19-12-13-26-21-15-17(8-10-18(19)21)9-11-23(30)31-2/h3,5-6,8-13,15H,4,7,14H2,1-2H3. The second-order valence-electron chi connectivity index (χ2n) is 7.65. The molecule has 1 aliphatic rings. The second-order valence-corrected chi connectivity index (χ2v) is 7.65. The summed E-state index contributed by atoms with van der Waals surface area (Å²) >= 11 is 0. The van der Waals surface area contributed by atoms with Gasteiger partial charge < -0.3 is 4.74 Å². The van der Waals surface area contributed by atoms with Gasteiger partial charge in [0.15, 0.2) is 0 Å². The van der Waals surface area contributed by atoms with Gasteiger partial charge in [-0.25, -0.2) is 4.79 Å². The van der Waals surface area contributed by atoms with Crippen molar-refractivity contribution >= 4 is 22.9 Å². The Balaban J connectivity index is 1.68. The number of methoxy groups -OCH3 is 1. The molecule has 6 heteroatoms. The minimum atomic E-state index is -0.382. The van der Waals surface area contributed by atoms with E-state index in [9.17, 15) is 4.79 Å². The lowest BCUT2D eigenvalue weighted by atomic mass is 9.96. The van der Waals surface area contributed by atoms with E-state index >= 15 is 0 Å². The van der Waals surface area contributed by atoms with E-state index in [1.54, 1.807) is 6.08 Å². The number of aryl methyl sites for hydroxylation is 2. The lowest BCUT2D eigenvalue weighted by Gasteiger charge is -2.10. The van der Waals surface area contributed by atoms with Gasteiger partial charge in [0.2, 0.25) is 0 Å². The van der Waals surface area contributed by atoms with E-state index in [1.807, 2.05) is 43.5 Å². The van der Waals surface area contributed by atoms with Gasteiger partial charge in [0.25, 0.3) is 0 Å². The number of pyridine rings is 2. The predicted octanol–water partition coefficient (Wildman–Crippen LogP) is 4.60. The number of hydrogen-bond acceptors (Lipinski definition) is 5. The van der Waals surface area contributed by atoms with Crippen LogP contribution in [0.4, 0.5) is 0 Å². The number of rotatable bonds is 4. The summed E-state index contributed by atoms with van der Waals surface area (Å²) in [5.74, 6) is -0.382. The molecule has 0 saturated heterocycles. The van der Waals surface area contributed by atoms with Crippen LogP contribution < -0.4 is 0 Å². The zero-order valence-corrected chi connectivity index (χ0v) is 17.5. The molecule has 3 aromatic heterocycles. The summed E-state index contributed by atoms with van der Waals surface area (Å²) in [5, 5.41) is 5.98. The summed E-state index contributed by atoms with van der Waals surface area (Å²) in [6.07, 6.45) is 7.08. The zero-order chi connectivity index (χ0) is 21.4. The van der Waals surface area contributed by atoms with Crippen molar-refractivity contribution in [3.8, 4) is 22.5 Å². The Morgan fingerprint density at radius 2 is 2.10 bits per heavy atom. The highest BCUT2D eigenvalue weighted by molar-refractivity contribution is 5.99. The average molecular weight is 410 g/mol. The molecule has 1 aromatic carbocycles.